The monoisotopic (exact) mass is 224 g/mol. The van der Waals surface area contributed by atoms with Crippen LogP contribution in [0, 0.1) is 0 Å². The van der Waals surface area contributed by atoms with E-state index in [9.17, 15) is 0 Å². The van der Waals surface area contributed by atoms with E-state index in [1.807, 2.05) is 6.26 Å². The van der Waals surface area contributed by atoms with E-state index in [4.69, 9.17) is 5.73 Å². The van der Waals surface area contributed by atoms with Crippen LogP contribution >= 0.6 is 11.8 Å². The van der Waals surface area contributed by atoms with E-state index in [0.717, 1.165) is 36.8 Å². The first kappa shape index (κ1) is 10.9. The van der Waals surface area contributed by atoms with Crippen LogP contribution in [0.2, 0.25) is 0 Å². The average molecular weight is 224 g/mol. The standard InChI is InChI=1S/C10H16N4S/c1-15-10-9(12-3-4-13-10)7-14-5-2-8(11)6-14/h3-4,8H,2,5-7,11H2,1H3. The molecule has 1 saturated heterocycles. The molecule has 0 radical (unpaired) electrons. The van der Waals surface area contributed by atoms with Crippen molar-refractivity contribution in [2.24, 2.45) is 5.73 Å². The van der Waals surface area contributed by atoms with Gasteiger partial charge >= 0.3 is 0 Å². The van der Waals surface area contributed by atoms with Crippen molar-refractivity contribution in [1.29, 1.82) is 0 Å². The number of nitrogens with zero attached hydrogens (tertiary/aromatic N) is 3. The van der Waals surface area contributed by atoms with Crippen molar-refractivity contribution in [3.8, 4) is 0 Å². The van der Waals surface area contributed by atoms with Crippen LogP contribution in [0.4, 0.5) is 0 Å². The Balaban J connectivity index is 2.04. The number of aromatic nitrogens is 2. The summed E-state index contributed by atoms with van der Waals surface area (Å²) in [6.45, 7) is 2.92. The highest BCUT2D eigenvalue weighted by Gasteiger charge is 2.20. The molecule has 4 nitrogen and oxygen atoms in total. The molecule has 1 atom stereocenters. The first-order chi connectivity index (χ1) is 7.29. The molecule has 0 aromatic carbocycles. The van der Waals surface area contributed by atoms with E-state index in [1.165, 1.54) is 0 Å². The van der Waals surface area contributed by atoms with Crippen LogP contribution in [0.25, 0.3) is 0 Å². The van der Waals surface area contributed by atoms with E-state index >= 15 is 0 Å². The van der Waals surface area contributed by atoms with Crippen LogP contribution in [0.5, 0.6) is 0 Å². The van der Waals surface area contributed by atoms with Gasteiger partial charge in [0.2, 0.25) is 0 Å². The molecule has 0 amide bonds. The van der Waals surface area contributed by atoms with Crippen molar-refractivity contribution in [2.45, 2.75) is 24.0 Å². The quantitative estimate of drug-likeness (QED) is 0.767. The van der Waals surface area contributed by atoms with Gasteiger partial charge in [0.25, 0.3) is 0 Å². The molecule has 5 heteroatoms. The zero-order valence-electron chi connectivity index (χ0n) is 8.89. The zero-order valence-corrected chi connectivity index (χ0v) is 9.70. The maximum absolute atomic E-state index is 5.87. The molecule has 1 aromatic heterocycles. The maximum Gasteiger partial charge on any atom is 0.119 e. The van der Waals surface area contributed by atoms with Crippen LogP contribution in [0.15, 0.2) is 17.4 Å². The van der Waals surface area contributed by atoms with Crippen molar-refractivity contribution in [3.63, 3.8) is 0 Å². The summed E-state index contributed by atoms with van der Waals surface area (Å²) in [5.41, 5.74) is 6.94. The second-order valence-corrected chi connectivity index (χ2v) is 4.59. The maximum atomic E-state index is 5.87. The van der Waals surface area contributed by atoms with Crippen molar-refractivity contribution < 1.29 is 0 Å². The van der Waals surface area contributed by atoms with Crippen molar-refractivity contribution >= 4 is 11.8 Å². The Morgan fingerprint density at radius 1 is 1.53 bits per heavy atom. The number of thioether (sulfide) groups is 1. The van der Waals surface area contributed by atoms with Crippen LogP contribution in [0.3, 0.4) is 0 Å². The van der Waals surface area contributed by atoms with Gasteiger partial charge < -0.3 is 5.73 Å². The van der Waals surface area contributed by atoms with Crippen LogP contribution in [-0.2, 0) is 6.54 Å². The Hall–Kier alpha value is -0.650. The van der Waals surface area contributed by atoms with Gasteiger partial charge in [-0.05, 0) is 12.7 Å². The first-order valence-corrected chi connectivity index (χ1v) is 6.34. The second kappa shape index (κ2) is 4.92. The van der Waals surface area contributed by atoms with Crippen LogP contribution in [-0.4, -0.2) is 40.3 Å². The predicted molar refractivity (Wildman–Crippen MR) is 61.7 cm³/mol. The molecule has 0 aliphatic carbocycles. The highest BCUT2D eigenvalue weighted by molar-refractivity contribution is 7.98. The van der Waals surface area contributed by atoms with Gasteiger partial charge in [0.05, 0.1) is 5.69 Å². The molecule has 0 spiro atoms. The van der Waals surface area contributed by atoms with Gasteiger partial charge in [-0.1, -0.05) is 0 Å². The SMILES string of the molecule is CSc1nccnc1CN1CCC(N)C1. The van der Waals surface area contributed by atoms with Gasteiger partial charge in [0, 0.05) is 38.1 Å². The normalized spacial score (nSPS) is 22.1. The van der Waals surface area contributed by atoms with Gasteiger partial charge in [-0.15, -0.1) is 11.8 Å². The number of hydrogen-bond acceptors (Lipinski definition) is 5. The third-order valence-corrected chi connectivity index (χ3v) is 3.34. The number of hydrogen-bond donors (Lipinski definition) is 1. The van der Waals surface area contributed by atoms with Gasteiger partial charge in [-0.2, -0.15) is 0 Å². The second-order valence-electron chi connectivity index (χ2n) is 3.80. The fraction of sp³-hybridized carbons (Fsp3) is 0.600. The molecule has 1 aliphatic rings. The van der Waals surface area contributed by atoms with Gasteiger partial charge in [0.15, 0.2) is 0 Å². The molecule has 15 heavy (non-hydrogen) atoms. The third-order valence-electron chi connectivity index (χ3n) is 2.61. The Bertz CT molecular complexity index is 331. The molecule has 0 bridgehead atoms. The average Bonchev–Trinajstić information content (AvgIpc) is 2.65. The summed E-state index contributed by atoms with van der Waals surface area (Å²) < 4.78 is 0. The van der Waals surface area contributed by atoms with Crippen molar-refractivity contribution in [2.75, 3.05) is 19.3 Å². The fourth-order valence-corrected chi connectivity index (χ4v) is 2.37. The third kappa shape index (κ3) is 2.68. The minimum absolute atomic E-state index is 0.333. The molecule has 0 saturated carbocycles. The summed E-state index contributed by atoms with van der Waals surface area (Å²) in [6, 6.07) is 0.333. The smallest absolute Gasteiger partial charge is 0.119 e. The van der Waals surface area contributed by atoms with Crippen LogP contribution < -0.4 is 5.73 Å². The fourth-order valence-electron chi connectivity index (χ4n) is 1.85. The molecule has 1 fully saturated rings. The number of rotatable bonds is 3. The lowest BCUT2D eigenvalue weighted by molar-refractivity contribution is 0.319. The Morgan fingerprint density at radius 3 is 3.00 bits per heavy atom. The first-order valence-electron chi connectivity index (χ1n) is 5.11. The Labute approximate surface area is 94.3 Å². The lowest BCUT2D eigenvalue weighted by atomic mass is 10.3. The topological polar surface area (TPSA) is 55.0 Å². The molecular weight excluding hydrogens is 208 g/mol. The Kier molecular flexibility index (Phi) is 3.56. The van der Waals surface area contributed by atoms with Crippen LogP contribution in [0.1, 0.15) is 12.1 Å². The summed E-state index contributed by atoms with van der Waals surface area (Å²) in [7, 11) is 0. The molecule has 2 heterocycles. The van der Waals surface area contributed by atoms with Gasteiger partial charge in [-0.25, -0.2) is 4.98 Å². The Morgan fingerprint density at radius 2 is 2.33 bits per heavy atom. The molecule has 1 aromatic rings. The van der Waals surface area contributed by atoms with Gasteiger partial charge in [-0.3, -0.25) is 9.88 Å². The van der Waals surface area contributed by atoms with E-state index < -0.39 is 0 Å². The summed E-state index contributed by atoms with van der Waals surface area (Å²) in [5, 5.41) is 1.03. The number of likely N-dealkylation sites (tertiary alicyclic amines) is 1. The number of nitrogens with two attached hydrogens (primary N) is 1. The zero-order chi connectivity index (χ0) is 10.7. The molecule has 2 N–H and O–H groups in total. The van der Waals surface area contributed by atoms with Gasteiger partial charge in [0.1, 0.15) is 5.03 Å². The lowest BCUT2D eigenvalue weighted by Gasteiger charge is -2.15. The molecular formula is C10H16N4S. The highest BCUT2D eigenvalue weighted by Crippen LogP contribution is 2.18. The predicted octanol–water partition coefficient (Wildman–Crippen LogP) is 0.732. The largest absolute Gasteiger partial charge is 0.326 e. The lowest BCUT2D eigenvalue weighted by Crippen LogP contribution is -2.26. The molecule has 82 valence electrons. The highest BCUT2D eigenvalue weighted by atomic mass is 32.2. The summed E-state index contributed by atoms with van der Waals surface area (Å²) in [4.78, 5) is 11.0. The van der Waals surface area contributed by atoms with Crippen molar-refractivity contribution in [3.05, 3.63) is 18.1 Å². The minimum Gasteiger partial charge on any atom is -0.326 e. The molecule has 1 unspecified atom stereocenters. The summed E-state index contributed by atoms with van der Waals surface area (Å²) in [6.07, 6.45) is 6.62. The molecule has 1 aliphatic heterocycles. The van der Waals surface area contributed by atoms with E-state index in [-0.39, 0.29) is 0 Å². The van der Waals surface area contributed by atoms with E-state index in [2.05, 4.69) is 14.9 Å². The summed E-state index contributed by atoms with van der Waals surface area (Å²) in [5.74, 6) is 0. The van der Waals surface area contributed by atoms with E-state index in [0.29, 0.717) is 6.04 Å². The minimum atomic E-state index is 0.333. The van der Waals surface area contributed by atoms with E-state index in [1.54, 1.807) is 24.2 Å². The summed E-state index contributed by atoms with van der Waals surface area (Å²) >= 11 is 1.65. The molecule has 2 rings (SSSR count). The van der Waals surface area contributed by atoms with Crippen molar-refractivity contribution in [1.82, 2.24) is 14.9 Å².